The Morgan fingerprint density at radius 3 is 2.87 bits per heavy atom. The number of hydrogen-bond acceptors (Lipinski definition) is 5. The van der Waals surface area contributed by atoms with Gasteiger partial charge in [-0.05, 0) is 13.8 Å². The minimum atomic E-state index is -0.747. The molecule has 0 amide bonds. The zero-order valence-corrected chi connectivity index (χ0v) is 8.52. The molecule has 82 valence electrons. The number of nitrogens with one attached hydrogen (secondary N) is 1. The van der Waals surface area contributed by atoms with Gasteiger partial charge in [0.1, 0.15) is 0 Å². The molecular weight excluding hydrogens is 200 g/mol. The van der Waals surface area contributed by atoms with Crippen molar-refractivity contribution in [3.63, 3.8) is 0 Å². The van der Waals surface area contributed by atoms with Crippen molar-refractivity contribution in [3.8, 4) is 5.88 Å². The molecular formula is C9H12N2O4. The lowest BCUT2D eigenvalue weighted by molar-refractivity contribution is -0.150. The van der Waals surface area contributed by atoms with Gasteiger partial charge < -0.3 is 9.47 Å². The minimum Gasteiger partial charge on any atom is -0.463 e. The number of hydrogen-bond donors (Lipinski definition) is 1. The summed E-state index contributed by atoms with van der Waals surface area (Å²) < 4.78 is 9.86. The number of rotatable bonds is 4. The Balaban J connectivity index is 2.58. The number of nitrogens with zero attached hydrogens (tertiary/aromatic N) is 1. The van der Waals surface area contributed by atoms with Crippen molar-refractivity contribution in [1.29, 1.82) is 0 Å². The van der Waals surface area contributed by atoms with Gasteiger partial charge in [0, 0.05) is 12.1 Å². The lowest BCUT2D eigenvalue weighted by Crippen LogP contribution is -2.26. The monoisotopic (exact) mass is 212 g/mol. The Bertz CT molecular complexity index is 367. The predicted octanol–water partition coefficient (Wildman–Crippen LogP) is 0.100. The molecule has 0 aromatic carbocycles. The number of H-pyrrole nitrogens is 1. The van der Waals surface area contributed by atoms with Crippen LogP contribution in [-0.4, -0.2) is 28.9 Å². The van der Waals surface area contributed by atoms with Gasteiger partial charge in [0.2, 0.25) is 5.88 Å². The van der Waals surface area contributed by atoms with Gasteiger partial charge in [-0.25, -0.2) is 9.89 Å². The van der Waals surface area contributed by atoms with Crippen molar-refractivity contribution in [2.24, 2.45) is 0 Å². The van der Waals surface area contributed by atoms with Gasteiger partial charge in [-0.1, -0.05) is 0 Å². The van der Waals surface area contributed by atoms with Crippen LogP contribution >= 0.6 is 0 Å². The molecule has 0 aliphatic heterocycles. The molecule has 0 radical (unpaired) electrons. The van der Waals surface area contributed by atoms with E-state index in [4.69, 9.17) is 9.47 Å². The smallest absolute Gasteiger partial charge is 0.347 e. The van der Waals surface area contributed by atoms with Gasteiger partial charge in [0.25, 0.3) is 5.56 Å². The van der Waals surface area contributed by atoms with Gasteiger partial charge in [-0.15, -0.1) is 5.10 Å². The van der Waals surface area contributed by atoms with E-state index in [1.165, 1.54) is 12.1 Å². The van der Waals surface area contributed by atoms with E-state index >= 15 is 0 Å². The second-order valence-electron chi connectivity index (χ2n) is 2.77. The highest BCUT2D eigenvalue weighted by molar-refractivity contribution is 5.74. The molecule has 0 fully saturated rings. The Morgan fingerprint density at radius 2 is 2.33 bits per heavy atom. The zero-order valence-electron chi connectivity index (χ0n) is 8.52. The Hall–Kier alpha value is -1.85. The maximum atomic E-state index is 11.2. The topological polar surface area (TPSA) is 81.3 Å². The van der Waals surface area contributed by atoms with E-state index in [1.54, 1.807) is 13.8 Å². The SMILES string of the molecule is CCOC(=O)C(C)Oc1ccc(=O)[nH]n1. The lowest BCUT2D eigenvalue weighted by Gasteiger charge is -2.11. The molecule has 1 rings (SSSR count). The lowest BCUT2D eigenvalue weighted by atomic mass is 10.4. The molecule has 15 heavy (non-hydrogen) atoms. The molecule has 0 spiro atoms. The molecule has 0 saturated heterocycles. The van der Waals surface area contributed by atoms with Crippen LogP contribution in [0.4, 0.5) is 0 Å². The first-order chi connectivity index (χ1) is 7.13. The standard InChI is InChI=1S/C9H12N2O4/c1-3-14-9(13)6(2)15-8-5-4-7(12)10-11-8/h4-6H,3H2,1-2H3,(H,10,12). The zero-order chi connectivity index (χ0) is 11.3. The fourth-order valence-corrected chi connectivity index (χ4v) is 0.886. The summed E-state index contributed by atoms with van der Waals surface area (Å²) in [7, 11) is 0. The number of ether oxygens (including phenoxy) is 2. The fourth-order valence-electron chi connectivity index (χ4n) is 0.886. The van der Waals surface area contributed by atoms with Crippen LogP contribution in [0.15, 0.2) is 16.9 Å². The Kier molecular flexibility index (Phi) is 3.84. The van der Waals surface area contributed by atoms with Crippen molar-refractivity contribution in [2.45, 2.75) is 20.0 Å². The van der Waals surface area contributed by atoms with Crippen LogP contribution in [0.25, 0.3) is 0 Å². The van der Waals surface area contributed by atoms with Crippen LogP contribution in [0.3, 0.4) is 0 Å². The summed E-state index contributed by atoms with van der Waals surface area (Å²) in [5, 5.41) is 5.79. The summed E-state index contributed by atoms with van der Waals surface area (Å²) in [5.41, 5.74) is -0.328. The van der Waals surface area contributed by atoms with Crippen molar-refractivity contribution in [3.05, 3.63) is 22.5 Å². The van der Waals surface area contributed by atoms with Crippen LogP contribution in [0.1, 0.15) is 13.8 Å². The second kappa shape index (κ2) is 5.14. The number of carbonyl (C=O) groups is 1. The summed E-state index contributed by atoms with van der Waals surface area (Å²) in [5.74, 6) is -0.291. The number of esters is 1. The maximum Gasteiger partial charge on any atom is 0.347 e. The average molecular weight is 212 g/mol. The second-order valence-corrected chi connectivity index (χ2v) is 2.77. The minimum absolute atomic E-state index is 0.176. The predicted molar refractivity (Wildman–Crippen MR) is 51.6 cm³/mol. The van der Waals surface area contributed by atoms with Crippen molar-refractivity contribution >= 4 is 5.97 Å². The van der Waals surface area contributed by atoms with Crippen LogP contribution in [0.5, 0.6) is 5.88 Å². The average Bonchev–Trinajstić information content (AvgIpc) is 2.22. The highest BCUT2D eigenvalue weighted by Gasteiger charge is 2.15. The Morgan fingerprint density at radius 1 is 1.60 bits per heavy atom. The highest BCUT2D eigenvalue weighted by Crippen LogP contribution is 2.04. The van der Waals surface area contributed by atoms with Gasteiger partial charge in [0.15, 0.2) is 6.10 Å². The number of carbonyl (C=O) groups excluding carboxylic acids is 1. The summed E-state index contributed by atoms with van der Waals surface area (Å²) in [4.78, 5) is 21.8. The van der Waals surface area contributed by atoms with E-state index in [0.717, 1.165) is 0 Å². The van der Waals surface area contributed by atoms with E-state index in [0.29, 0.717) is 6.61 Å². The van der Waals surface area contributed by atoms with Gasteiger partial charge in [-0.3, -0.25) is 4.79 Å². The van der Waals surface area contributed by atoms with Crippen LogP contribution < -0.4 is 10.3 Å². The van der Waals surface area contributed by atoms with Gasteiger partial charge >= 0.3 is 5.97 Å². The molecule has 1 N–H and O–H groups in total. The first-order valence-electron chi connectivity index (χ1n) is 4.52. The summed E-state index contributed by atoms with van der Waals surface area (Å²) in [6.07, 6.45) is -0.747. The molecule has 1 atom stereocenters. The van der Waals surface area contributed by atoms with Gasteiger partial charge in [-0.2, -0.15) is 0 Å². The van der Waals surface area contributed by atoms with Crippen molar-refractivity contribution in [2.75, 3.05) is 6.61 Å². The molecule has 0 aliphatic carbocycles. The third-order valence-corrected chi connectivity index (χ3v) is 1.57. The summed E-state index contributed by atoms with van der Waals surface area (Å²) in [6.45, 7) is 3.55. The van der Waals surface area contributed by atoms with Crippen molar-refractivity contribution in [1.82, 2.24) is 10.2 Å². The fraction of sp³-hybridized carbons (Fsp3) is 0.444. The molecule has 1 heterocycles. The largest absolute Gasteiger partial charge is 0.463 e. The first-order valence-corrected chi connectivity index (χ1v) is 4.52. The molecule has 1 unspecified atom stereocenters. The normalized spacial score (nSPS) is 11.9. The van der Waals surface area contributed by atoms with Crippen LogP contribution in [0.2, 0.25) is 0 Å². The number of aromatic nitrogens is 2. The summed E-state index contributed by atoms with van der Waals surface area (Å²) >= 11 is 0. The van der Waals surface area contributed by atoms with E-state index in [1.807, 2.05) is 0 Å². The third-order valence-electron chi connectivity index (χ3n) is 1.57. The molecule has 1 aromatic rings. The molecule has 0 aliphatic rings. The van der Waals surface area contributed by atoms with E-state index in [-0.39, 0.29) is 11.4 Å². The molecule has 6 nitrogen and oxygen atoms in total. The maximum absolute atomic E-state index is 11.2. The highest BCUT2D eigenvalue weighted by atomic mass is 16.6. The van der Waals surface area contributed by atoms with Crippen LogP contribution in [0, 0.1) is 0 Å². The van der Waals surface area contributed by atoms with Crippen molar-refractivity contribution < 1.29 is 14.3 Å². The van der Waals surface area contributed by atoms with Crippen LogP contribution in [-0.2, 0) is 9.53 Å². The molecule has 6 heteroatoms. The Labute approximate surface area is 86.2 Å². The molecule has 0 bridgehead atoms. The number of aromatic amines is 1. The quantitative estimate of drug-likeness (QED) is 0.716. The van der Waals surface area contributed by atoms with Gasteiger partial charge in [0.05, 0.1) is 6.61 Å². The molecule has 0 saturated carbocycles. The van der Waals surface area contributed by atoms with E-state index in [2.05, 4.69) is 10.2 Å². The first kappa shape index (κ1) is 11.2. The third kappa shape index (κ3) is 3.41. The van der Waals surface area contributed by atoms with E-state index < -0.39 is 12.1 Å². The molecule has 1 aromatic heterocycles. The van der Waals surface area contributed by atoms with E-state index in [9.17, 15) is 9.59 Å². The summed E-state index contributed by atoms with van der Waals surface area (Å²) in [6, 6.07) is 2.65.